The lowest BCUT2D eigenvalue weighted by molar-refractivity contribution is 0.220. The summed E-state index contributed by atoms with van der Waals surface area (Å²) < 4.78 is 28.9. The van der Waals surface area contributed by atoms with Crippen molar-refractivity contribution in [3.8, 4) is 0 Å². The fourth-order valence-electron chi connectivity index (χ4n) is 2.19. The molecule has 0 unspecified atom stereocenters. The monoisotopic (exact) mass is 487 g/mol. The van der Waals surface area contributed by atoms with Crippen molar-refractivity contribution in [2.45, 2.75) is 36.6 Å². The standard InChI is InChI=1S/C13H16Br3NO2S/c14-7-2-8-17(11-3-1-4-11)20(18,19)13-9-10(15)5-6-12(13)16/h5-6,9,11H,1-4,7-8H2. The molecule has 1 aliphatic carbocycles. The maximum Gasteiger partial charge on any atom is 0.244 e. The lowest BCUT2D eigenvalue weighted by atomic mass is 9.93. The molecule has 1 fully saturated rings. The van der Waals surface area contributed by atoms with E-state index in [1.807, 2.05) is 6.07 Å². The van der Waals surface area contributed by atoms with Gasteiger partial charge in [-0.3, -0.25) is 0 Å². The van der Waals surface area contributed by atoms with Crippen molar-refractivity contribution < 1.29 is 8.42 Å². The average molecular weight is 490 g/mol. The average Bonchev–Trinajstić information content (AvgIpc) is 2.34. The summed E-state index contributed by atoms with van der Waals surface area (Å²) in [6, 6.07) is 5.42. The number of hydrogen-bond donors (Lipinski definition) is 0. The molecule has 0 radical (unpaired) electrons. The maximum atomic E-state index is 12.9. The normalized spacial score (nSPS) is 16.4. The van der Waals surface area contributed by atoms with Crippen molar-refractivity contribution in [3.05, 3.63) is 27.1 Å². The van der Waals surface area contributed by atoms with Crippen LogP contribution in [0.4, 0.5) is 0 Å². The van der Waals surface area contributed by atoms with Gasteiger partial charge in [-0.25, -0.2) is 8.42 Å². The minimum absolute atomic E-state index is 0.157. The molecule has 0 atom stereocenters. The molecule has 1 aromatic carbocycles. The van der Waals surface area contributed by atoms with Gasteiger partial charge in [0.2, 0.25) is 10.0 Å². The molecule has 0 heterocycles. The molecular formula is C13H16Br3NO2S. The topological polar surface area (TPSA) is 37.4 Å². The van der Waals surface area contributed by atoms with E-state index in [0.717, 1.165) is 35.5 Å². The molecule has 112 valence electrons. The van der Waals surface area contributed by atoms with Crippen molar-refractivity contribution in [2.75, 3.05) is 11.9 Å². The van der Waals surface area contributed by atoms with Gasteiger partial charge in [-0.15, -0.1) is 0 Å². The molecule has 0 N–H and O–H groups in total. The van der Waals surface area contributed by atoms with E-state index in [1.165, 1.54) is 0 Å². The highest BCUT2D eigenvalue weighted by atomic mass is 79.9. The number of nitrogens with zero attached hydrogens (tertiary/aromatic N) is 1. The van der Waals surface area contributed by atoms with E-state index < -0.39 is 10.0 Å². The first-order chi connectivity index (χ1) is 9.46. The van der Waals surface area contributed by atoms with Crippen LogP contribution in [0.3, 0.4) is 0 Å². The Hall–Kier alpha value is 0.570. The minimum Gasteiger partial charge on any atom is -0.207 e. The minimum atomic E-state index is -3.45. The smallest absolute Gasteiger partial charge is 0.207 e. The largest absolute Gasteiger partial charge is 0.244 e. The lowest BCUT2D eigenvalue weighted by Crippen LogP contribution is -2.44. The van der Waals surface area contributed by atoms with Gasteiger partial charge in [-0.1, -0.05) is 38.3 Å². The number of rotatable bonds is 6. The second-order valence-corrected chi connectivity index (χ2v) is 9.24. The Balaban J connectivity index is 2.36. The molecular weight excluding hydrogens is 474 g/mol. The van der Waals surface area contributed by atoms with Crippen LogP contribution in [0.5, 0.6) is 0 Å². The third-order valence-electron chi connectivity index (χ3n) is 3.47. The van der Waals surface area contributed by atoms with Crippen molar-refractivity contribution >= 4 is 57.8 Å². The van der Waals surface area contributed by atoms with Crippen LogP contribution in [0.15, 0.2) is 32.0 Å². The molecule has 7 heteroatoms. The van der Waals surface area contributed by atoms with E-state index in [9.17, 15) is 8.42 Å². The van der Waals surface area contributed by atoms with Gasteiger partial charge in [0, 0.05) is 26.9 Å². The van der Waals surface area contributed by atoms with Gasteiger partial charge in [0.1, 0.15) is 0 Å². The van der Waals surface area contributed by atoms with E-state index in [4.69, 9.17) is 0 Å². The zero-order valence-corrected chi connectivity index (χ0v) is 16.4. The van der Waals surface area contributed by atoms with Crippen LogP contribution in [0.1, 0.15) is 25.7 Å². The highest BCUT2D eigenvalue weighted by Crippen LogP contribution is 2.34. The summed E-state index contributed by atoms with van der Waals surface area (Å²) in [4.78, 5) is 0.341. The Labute approximate surface area is 145 Å². The summed E-state index contributed by atoms with van der Waals surface area (Å²) in [5.74, 6) is 0. The van der Waals surface area contributed by atoms with E-state index >= 15 is 0 Å². The fraction of sp³-hybridized carbons (Fsp3) is 0.538. The summed E-state index contributed by atoms with van der Waals surface area (Å²) in [5.41, 5.74) is 0. The molecule has 0 spiro atoms. The Morgan fingerprint density at radius 2 is 1.95 bits per heavy atom. The van der Waals surface area contributed by atoms with Crippen molar-refractivity contribution in [1.29, 1.82) is 0 Å². The molecule has 0 aromatic heterocycles. The summed E-state index contributed by atoms with van der Waals surface area (Å²) in [5, 5.41) is 0.811. The number of benzene rings is 1. The summed E-state index contributed by atoms with van der Waals surface area (Å²) >= 11 is 10.1. The quantitative estimate of drug-likeness (QED) is 0.550. The summed E-state index contributed by atoms with van der Waals surface area (Å²) in [6.45, 7) is 0.567. The van der Waals surface area contributed by atoms with Gasteiger partial charge < -0.3 is 0 Å². The highest BCUT2D eigenvalue weighted by Gasteiger charge is 2.35. The molecule has 1 saturated carbocycles. The molecule has 0 bridgehead atoms. The van der Waals surface area contributed by atoms with E-state index in [-0.39, 0.29) is 6.04 Å². The fourth-order valence-corrected chi connectivity index (χ4v) is 5.63. The number of alkyl halides is 1. The Bertz CT molecular complexity index is 573. The van der Waals surface area contributed by atoms with Crippen LogP contribution in [-0.2, 0) is 10.0 Å². The van der Waals surface area contributed by atoms with Gasteiger partial charge >= 0.3 is 0 Å². The SMILES string of the molecule is O=S(=O)(c1cc(Br)ccc1Br)N(CCCBr)C1CCC1. The van der Waals surface area contributed by atoms with Gasteiger partial charge in [0.15, 0.2) is 0 Å². The van der Waals surface area contributed by atoms with Crippen molar-refractivity contribution in [3.63, 3.8) is 0 Å². The lowest BCUT2D eigenvalue weighted by Gasteiger charge is -2.36. The van der Waals surface area contributed by atoms with Crippen LogP contribution in [0, 0.1) is 0 Å². The van der Waals surface area contributed by atoms with Gasteiger partial charge in [0.05, 0.1) is 4.90 Å². The second-order valence-electron chi connectivity index (χ2n) is 4.82. The van der Waals surface area contributed by atoms with E-state index in [1.54, 1.807) is 16.4 Å². The third kappa shape index (κ3) is 3.66. The highest BCUT2D eigenvalue weighted by molar-refractivity contribution is 9.11. The van der Waals surface area contributed by atoms with Crippen molar-refractivity contribution in [2.24, 2.45) is 0 Å². The first-order valence-electron chi connectivity index (χ1n) is 6.49. The van der Waals surface area contributed by atoms with Gasteiger partial charge in [-0.05, 0) is 53.4 Å². The van der Waals surface area contributed by atoms with Gasteiger partial charge in [-0.2, -0.15) is 4.31 Å². The van der Waals surface area contributed by atoms with Crippen LogP contribution in [0.2, 0.25) is 0 Å². The molecule has 3 nitrogen and oxygen atoms in total. The summed E-state index contributed by atoms with van der Waals surface area (Å²) in [6.07, 6.45) is 3.87. The van der Waals surface area contributed by atoms with Gasteiger partial charge in [0.25, 0.3) is 0 Å². The predicted molar refractivity (Wildman–Crippen MR) is 91.8 cm³/mol. The second kappa shape index (κ2) is 7.22. The molecule has 0 aliphatic heterocycles. The zero-order chi connectivity index (χ0) is 14.8. The Morgan fingerprint density at radius 1 is 1.25 bits per heavy atom. The van der Waals surface area contributed by atoms with Crippen LogP contribution in [0.25, 0.3) is 0 Å². The van der Waals surface area contributed by atoms with Crippen LogP contribution in [-0.4, -0.2) is 30.6 Å². The van der Waals surface area contributed by atoms with Crippen LogP contribution >= 0.6 is 47.8 Å². The molecule has 2 rings (SSSR count). The first-order valence-corrected chi connectivity index (χ1v) is 10.6. The number of halogens is 3. The Morgan fingerprint density at radius 3 is 2.50 bits per heavy atom. The van der Waals surface area contributed by atoms with Crippen LogP contribution < -0.4 is 0 Å². The number of hydrogen-bond acceptors (Lipinski definition) is 2. The zero-order valence-electron chi connectivity index (χ0n) is 10.9. The molecule has 1 aromatic rings. The maximum absolute atomic E-state index is 12.9. The molecule has 0 amide bonds. The van der Waals surface area contributed by atoms with E-state index in [0.29, 0.717) is 15.9 Å². The molecule has 20 heavy (non-hydrogen) atoms. The third-order valence-corrected chi connectivity index (χ3v) is 7.47. The van der Waals surface area contributed by atoms with Crippen molar-refractivity contribution in [1.82, 2.24) is 4.31 Å². The molecule has 0 saturated heterocycles. The molecule has 1 aliphatic rings. The Kier molecular flexibility index (Phi) is 6.11. The predicted octanol–water partition coefficient (Wildman–Crippen LogP) is 4.54. The number of sulfonamides is 1. The first kappa shape index (κ1) is 16.9. The van der Waals surface area contributed by atoms with E-state index in [2.05, 4.69) is 47.8 Å². The summed E-state index contributed by atoms with van der Waals surface area (Å²) in [7, 11) is -3.45.